The van der Waals surface area contributed by atoms with Gasteiger partial charge in [-0.25, -0.2) is 9.97 Å². The minimum absolute atomic E-state index is 0.442. The van der Waals surface area contributed by atoms with Crippen molar-refractivity contribution in [1.82, 2.24) is 19.1 Å². The summed E-state index contributed by atoms with van der Waals surface area (Å²) in [5, 5.41) is 17.7. The van der Waals surface area contributed by atoms with E-state index in [1.54, 1.807) is 0 Å². The van der Waals surface area contributed by atoms with Gasteiger partial charge in [-0.15, -0.1) is 0 Å². The van der Waals surface area contributed by atoms with Crippen molar-refractivity contribution in [3.05, 3.63) is 194 Å². The van der Waals surface area contributed by atoms with Crippen LogP contribution in [0.2, 0.25) is 0 Å². The van der Waals surface area contributed by atoms with Crippen molar-refractivity contribution >= 4 is 65.6 Å². The molecular formula is C53H31N5O. The van der Waals surface area contributed by atoms with Gasteiger partial charge in [0.2, 0.25) is 0 Å². The number of furan rings is 1. The zero-order chi connectivity index (χ0) is 39.0. The van der Waals surface area contributed by atoms with E-state index in [4.69, 9.17) is 14.4 Å². The first-order chi connectivity index (χ1) is 29.2. The second-order valence-electron chi connectivity index (χ2n) is 14.8. The largest absolute Gasteiger partial charge is 0.454 e. The van der Waals surface area contributed by atoms with Gasteiger partial charge in [-0.3, -0.25) is 0 Å². The Balaban J connectivity index is 1.22. The quantitative estimate of drug-likeness (QED) is 0.175. The Bertz CT molecular complexity index is 3520. The molecule has 0 saturated carbocycles. The predicted octanol–water partition coefficient (Wildman–Crippen LogP) is 13.4. The molecule has 6 heteroatoms. The highest BCUT2D eigenvalue weighted by atomic mass is 16.3. The number of hydrogen-bond acceptors (Lipinski definition) is 4. The maximum absolute atomic E-state index is 11.5. The van der Waals surface area contributed by atoms with Crippen LogP contribution in [-0.2, 0) is 0 Å². The average molecular weight is 754 g/mol. The lowest BCUT2D eigenvalue weighted by atomic mass is 10.0. The summed E-state index contributed by atoms with van der Waals surface area (Å²) in [4.78, 5) is 10.3. The van der Waals surface area contributed by atoms with Crippen molar-refractivity contribution < 1.29 is 4.42 Å². The first kappa shape index (κ1) is 32.9. The molecular weight excluding hydrogens is 723 g/mol. The number of hydrogen-bond donors (Lipinski definition) is 0. The minimum atomic E-state index is 0.442. The first-order valence-electron chi connectivity index (χ1n) is 19.6. The summed E-state index contributed by atoms with van der Waals surface area (Å²) >= 11 is 0. The fourth-order valence-electron chi connectivity index (χ4n) is 9.01. The maximum Gasteiger partial charge on any atom is 0.164 e. The zero-order valence-electron chi connectivity index (χ0n) is 31.5. The molecule has 59 heavy (non-hydrogen) atoms. The van der Waals surface area contributed by atoms with E-state index in [-0.39, 0.29) is 0 Å². The molecule has 0 N–H and O–H groups in total. The monoisotopic (exact) mass is 753 g/mol. The van der Waals surface area contributed by atoms with Crippen LogP contribution >= 0.6 is 0 Å². The average Bonchev–Trinajstić information content (AvgIpc) is 3.96. The Labute approximate surface area is 338 Å². The smallest absolute Gasteiger partial charge is 0.164 e. The van der Waals surface area contributed by atoms with Gasteiger partial charge in [0, 0.05) is 43.4 Å². The van der Waals surface area contributed by atoms with Gasteiger partial charge in [0.05, 0.1) is 50.4 Å². The number of nitrogens with zero attached hydrogens (tertiary/aromatic N) is 5. The highest BCUT2D eigenvalue weighted by Gasteiger charge is 2.27. The summed E-state index contributed by atoms with van der Waals surface area (Å²) < 4.78 is 11.6. The molecule has 0 spiro atoms. The molecule has 4 heterocycles. The second kappa shape index (κ2) is 12.9. The van der Waals surface area contributed by atoms with Crippen molar-refractivity contribution in [2.75, 3.05) is 0 Å². The fourth-order valence-corrected chi connectivity index (χ4v) is 9.01. The maximum atomic E-state index is 11.5. The molecule has 0 aliphatic rings. The molecule has 6 nitrogen and oxygen atoms in total. The fraction of sp³-hybridized carbons (Fsp3) is 0. The minimum Gasteiger partial charge on any atom is -0.454 e. The van der Waals surface area contributed by atoms with E-state index in [0.29, 0.717) is 22.6 Å². The van der Waals surface area contributed by atoms with Gasteiger partial charge in [0.1, 0.15) is 17.2 Å². The summed E-state index contributed by atoms with van der Waals surface area (Å²) in [6, 6.07) is 67.2. The van der Waals surface area contributed by atoms with Gasteiger partial charge >= 0.3 is 0 Å². The van der Waals surface area contributed by atoms with Crippen LogP contribution in [0.15, 0.2) is 192 Å². The van der Waals surface area contributed by atoms with Crippen LogP contribution in [0.25, 0.3) is 111 Å². The summed E-state index contributed by atoms with van der Waals surface area (Å²) in [5.41, 5.74) is 11.6. The molecule has 12 aromatic rings. The molecule has 0 saturated heterocycles. The number of fused-ring (bicyclic) bond motifs is 9. The van der Waals surface area contributed by atoms with Gasteiger partial charge in [-0.2, -0.15) is 5.26 Å². The molecule has 0 atom stereocenters. The molecule has 0 unspecified atom stereocenters. The standard InChI is InChI=1S/C53H31N5O/c54-32-42-50(58-47-28-13-9-22-37(47)38-23-10-14-29-48(38)58)49(57-45-26-11-7-20-35(45)36-21-8-12-27-46(36)57)30-41-39-24-15-25-40(51(39)59-52(41)42)53-55-43(33-16-3-1-4-17-33)31-44(56-53)34-18-5-2-6-19-34/h1-31H. The molecule has 12 rings (SSSR count). The molecule has 0 bridgehead atoms. The number of rotatable bonds is 5. The van der Waals surface area contributed by atoms with Crippen molar-refractivity contribution in [3.63, 3.8) is 0 Å². The molecule has 4 aromatic heterocycles. The van der Waals surface area contributed by atoms with Crippen LogP contribution < -0.4 is 0 Å². The Morgan fingerprint density at radius 3 is 1.39 bits per heavy atom. The Morgan fingerprint density at radius 1 is 0.424 bits per heavy atom. The number of nitriles is 1. The normalized spacial score (nSPS) is 11.7. The van der Waals surface area contributed by atoms with Crippen LogP contribution in [0.3, 0.4) is 0 Å². The van der Waals surface area contributed by atoms with Gasteiger partial charge < -0.3 is 13.6 Å². The van der Waals surface area contributed by atoms with Crippen molar-refractivity contribution in [1.29, 1.82) is 5.26 Å². The van der Waals surface area contributed by atoms with E-state index in [1.165, 1.54) is 0 Å². The van der Waals surface area contributed by atoms with Gasteiger partial charge in [-0.05, 0) is 42.5 Å². The number of aromatic nitrogens is 4. The Kier molecular flexibility index (Phi) is 7.19. The topological polar surface area (TPSA) is 72.6 Å². The van der Waals surface area contributed by atoms with E-state index < -0.39 is 0 Å². The summed E-state index contributed by atoms with van der Waals surface area (Å²) in [7, 11) is 0. The summed E-state index contributed by atoms with van der Waals surface area (Å²) in [6.45, 7) is 0. The SMILES string of the molecule is N#Cc1c(-n2c3ccccc3c3ccccc32)c(-n2c3ccccc3c3ccccc32)cc2c1oc1c(-c3nc(-c4ccccc4)cc(-c4ccccc4)n3)cccc12. The van der Waals surface area contributed by atoms with Crippen LogP contribution in [0.4, 0.5) is 0 Å². The van der Waals surface area contributed by atoms with E-state index in [9.17, 15) is 5.26 Å². The van der Waals surface area contributed by atoms with Gasteiger partial charge in [-0.1, -0.05) is 146 Å². The van der Waals surface area contributed by atoms with E-state index >= 15 is 0 Å². The zero-order valence-corrected chi connectivity index (χ0v) is 31.5. The molecule has 0 fully saturated rings. The van der Waals surface area contributed by atoms with Crippen LogP contribution in [-0.4, -0.2) is 19.1 Å². The predicted molar refractivity (Wildman–Crippen MR) is 239 cm³/mol. The molecule has 0 aliphatic carbocycles. The number of para-hydroxylation sites is 5. The van der Waals surface area contributed by atoms with Crippen molar-refractivity contribution in [2.24, 2.45) is 0 Å². The summed E-state index contributed by atoms with van der Waals surface area (Å²) in [5.74, 6) is 0.540. The number of benzene rings is 8. The lowest BCUT2D eigenvalue weighted by Crippen LogP contribution is -2.06. The molecule has 0 amide bonds. The third-order valence-corrected chi connectivity index (χ3v) is 11.6. The molecule has 0 radical (unpaired) electrons. The molecule has 274 valence electrons. The molecule has 0 aliphatic heterocycles. The highest BCUT2D eigenvalue weighted by molar-refractivity contribution is 6.16. The van der Waals surface area contributed by atoms with Crippen LogP contribution in [0, 0.1) is 11.3 Å². The lowest BCUT2D eigenvalue weighted by molar-refractivity contribution is 0.668. The summed E-state index contributed by atoms with van der Waals surface area (Å²) in [6.07, 6.45) is 0. The van der Waals surface area contributed by atoms with Crippen LogP contribution in [0.5, 0.6) is 0 Å². The first-order valence-corrected chi connectivity index (χ1v) is 19.6. The van der Waals surface area contributed by atoms with Crippen molar-refractivity contribution in [2.45, 2.75) is 0 Å². The van der Waals surface area contributed by atoms with E-state index in [2.05, 4.69) is 149 Å². The highest BCUT2D eigenvalue weighted by Crippen LogP contribution is 2.45. The van der Waals surface area contributed by atoms with Crippen LogP contribution in [0.1, 0.15) is 5.56 Å². The van der Waals surface area contributed by atoms with Gasteiger partial charge in [0.15, 0.2) is 11.4 Å². The third-order valence-electron chi connectivity index (χ3n) is 11.6. The third kappa shape index (κ3) is 4.92. The van der Waals surface area contributed by atoms with Crippen molar-refractivity contribution in [3.8, 4) is 51.3 Å². The van der Waals surface area contributed by atoms with Gasteiger partial charge in [0.25, 0.3) is 0 Å². The van der Waals surface area contributed by atoms with E-state index in [0.717, 1.165) is 93.8 Å². The molecule has 8 aromatic carbocycles. The lowest BCUT2D eigenvalue weighted by Gasteiger charge is -2.18. The Hall–Kier alpha value is -8.27. The van der Waals surface area contributed by atoms with E-state index in [1.807, 2.05) is 54.6 Å². The Morgan fingerprint density at radius 2 is 0.881 bits per heavy atom. The second-order valence-corrected chi connectivity index (χ2v) is 14.8.